The highest BCUT2D eigenvalue weighted by Gasteiger charge is 2.26. The Bertz CT molecular complexity index is 444. The summed E-state index contributed by atoms with van der Waals surface area (Å²) in [5.74, 6) is -0.0498. The second-order valence-electron chi connectivity index (χ2n) is 3.83. The van der Waals surface area contributed by atoms with Crippen LogP contribution in [0.5, 0.6) is 0 Å². The minimum atomic E-state index is -4.11. The number of nitrogens with two attached hydrogens (primary N) is 3. The molecule has 0 saturated heterocycles. The smallest absolute Gasteiger partial charge is 0.370 e. The summed E-state index contributed by atoms with van der Waals surface area (Å²) in [5, 5.41) is 4.15. The molecule has 1 aliphatic rings. The summed E-state index contributed by atoms with van der Waals surface area (Å²) in [7, 11) is -4.11. The summed E-state index contributed by atoms with van der Waals surface area (Å²) in [6, 6.07) is 0. The van der Waals surface area contributed by atoms with Gasteiger partial charge in [0.1, 0.15) is 0 Å². The van der Waals surface area contributed by atoms with E-state index in [2.05, 4.69) is 18.7 Å². The number of unbranched alkanes of at least 4 members (excludes halogenated alkanes) is 3. The van der Waals surface area contributed by atoms with Gasteiger partial charge >= 0.3 is 10.4 Å². The lowest BCUT2D eigenvalue weighted by Crippen LogP contribution is -2.43. The molecule has 0 spiro atoms. The van der Waals surface area contributed by atoms with Gasteiger partial charge in [-0.05, 0) is 18.0 Å². The van der Waals surface area contributed by atoms with Gasteiger partial charge in [0.05, 0.1) is 6.54 Å². The van der Waals surface area contributed by atoms with E-state index in [0.29, 0.717) is 19.5 Å². The van der Waals surface area contributed by atoms with Gasteiger partial charge in [-0.1, -0.05) is 12.8 Å². The Kier molecular flexibility index (Phi) is 5.63. The fraction of sp³-hybridized carbons (Fsp3) is 0.750. The highest BCUT2D eigenvalue weighted by atomic mass is 32.3. The van der Waals surface area contributed by atoms with Crippen molar-refractivity contribution in [2.75, 3.05) is 13.1 Å². The zero-order valence-electron chi connectivity index (χ0n) is 10.4. The maximum atomic E-state index is 11.0. The molecular weight excluding hydrogens is 276 g/mol. The van der Waals surface area contributed by atoms with Gasteiger partial charge in [-0.3, -0.25) is 4.99 Å². The molecule has 0 aromatic carbocycles. The van der Waals surface area contributed by atoms with Gasteiger partial charge < -0.3 is 17.2 Å². The van der Waals surface area contributed by atoms with Crippen LogP contribution in [-0.4, -0.2) is 38.5 Å². The Morgan fingerprint density at radius 2 is 1.95 bits per heavy atom. The van der Waals surface area contributed by atoms with Crippen LogP contribution in [-0.2, 0) is 19.0 Å². The van der Waals surface area contributed by atoms with Crippen molar-refractivity contribution in [3.05, 3.63) is 0 Å². The molecule has 1 heterocycles. The number of rotatable bonds is 7. The van der Waals surface area contributed by atoms with Crippen LogP contribution in [0.3, 0.4) is 0 Å². The monoisotopic (exact) mass is 294 g/mol. The van der Waals surface area contributed by atoms with E-state index in [1.807, 2.05) is 0 Å². The lowest BCUT2D eigenvalue weighted by atomic mass is 10.2. The first-order chi connectivity index (χ1) is 8.91. The summed E-state index contributed by atoms with van der Waals surface area (Å²) in [5.41, 5.74) is 15.8. The Morgan fingerprint density at radius 3 is 2.63 bits per heavy atom. The lowest BCUT2D eigenvalue weighted by Gasteiger charge is -2.22. The first-order valence-corrected chi connectivity index (χ1v) is 7.03. The van der Waals surface area contributed by atoms with Crippen molar-refractivity contribution in [2.45, 2.75) is 25.7 Å². The summed E-state index contributed by atoms with van der Waals surface area (Å²) < 4.78 is 30.5. The van der Waals surface area contributed by atoms with Crippen molar-refractivity contribution in [1.82, 2.24) is 5.06 Å². The van der Waals surface area contributed by atoms with Crippen LogP contribution in [0, 0.1) is 0 Å². The topological polar surface area (TPSA) is 159 Å². The largest absolute Gasteiger partial charge is 0.491 e. The number of hydroxylamine groups is 2. The maximum absolute atomic E-state index is 11.0. The van der Waals surface area contributed by atoms with Crippen molar-refractivity contribution >= 4 is 22.3 Å². The van der Waals surface area contributed by atoms with E-state index in [9.17, 15) is 8.42 Å². The van der Waals surface area contributed by atoms with E-state index >= 15 is 0 Å². The number of hydrogen-bond donors (Lipinski definition) is 3. The maximum Gasteiger partial charge on any atom is 0.491 e. The highest BCUT2D eigenvalue weighted by Crippen LogP contribution is 2.10. The van der Waals surface area contributed by atoms with Crippen molar-refractivity contribution in [1.29, 1.82) is 0 Å². The third-order valence-corrected chi connectivity index (χ3v) is 2.84. The van der Waals surface area contributed by atoms with Crippen LogP contribution >= 0.6 is 0 Å². The molecule has 0 aliphatic carbocycles. The van der Waals surface area contributed by atoms with Gasteiger partial charge in [0.2, 0.25) is 0 Å². The second kappa shape index (κ2) is 6.99. The molecule has 10 nitrogen and oxygen atoms in total. The lowest BCUT2D eigenvalue weighted by molar-refractivity contribution is -0.0147. The summed E-state index contributed by atoms with van der Waals surface area (Å²) in [6.07, 6.45) is 3.30. The van der Waals surface area contributed by atoms with Crippen LogP contribution in [0.25, 0.3) is 0 Å². The SMILES string of the molecule is NC(N)=NCCCCCCN1OS(=O)(=O)ON=C1N. The van der Waals surface area contributed by atoms with E-state index in [-0.39, 0.29) is 11.9 Å². The van der Waals surface area contributed by atoms with Crippen LogP contribution in [0.15, 0.2) is 10.1 Å². The minimum absolute atomic E-state index is 0.0795. The molecule has 19 heavy (non-hydrogen) atoms. The van der Waals surface area contributed by atoms with Crippen LogP contribution in [0.4, 0.5) is 0 Å². The van der Waals surface area contributed by atoms with Crippen LogP contribution in [0.1, 0.15) is 25.7 Å². The van der Waals surface area contributed by atoms with Crippen molar-refractivity contribution in [3.63, 3.8) is 0 Å². The Labute approximate surface area is 111 Å². The molecule has 110 valence electrons. The molecule has 0 fully saturated rings. The zero-order chi connectivity index (χ0) is 14.3. The Hall–Kier alpha value is -1.75. The first kappa shape index (κ1) is 15.3. The average molecular weight is 294 g/mol. The van der Waals surface area contributed by atoms with Gasteiger partial charge in [0, 0.05) is 6.54 Å². The summed E-state index contributed by atoms with van der Waals surface area (Å²) >= 11 is 0. The molecule has 0 atom stereocenters. The van der Waals surface area contributed by atoms with E-state index < -0.39 is 10.4 Å². The molecule has 0 saturated carbocycles. The van der Waals surface area contributed by atoms with Crippen molar-refractivity contribution in [3.8, 4) is 0 Å². The van der Waals surface area contributed by atoms with Gasteiger partial charge in [-0.25, -0.2) is 4.28 Å². The zero-order valence-corrected chi connectivity index (χ0v) is 11.2. The predicted octanol–water partition coefficient (Wildman–Crippen LogP) is -1.44. The summed E-state index contributed by atoms with van der Waals surface area (Å²) in [6.45, 7) is 0.884. The van der Waals surface area contributed by atoms with Gasteiger partial charge in [-0.2, -0.15) is 13.5 Å². The quantitative estimate of drug-likeness (QED) is 0.292. The minimum Gasteiger partial charge on any atom is -0.370 e. The molecule has 0 aromatic rings. The number of oxime groups is 1. The predicted molar refractivity (Wildman–Crippen MR) is 68.6 cm³/mol. The van der Waals surface area contributed by atoms with Gasteiger partial charge in [-0.15, -0.1) is 4.28 Å². The molecule has 1 aliphatic heterocycles. The Balaban J connectivity index is 2.17. The fourth-order valence-corrected chi connectivity index (χ4v) is 1.94. The molecular formula is C8H18N6O4S. The molecule has 0 bridgehead atoms. The molecule has 1 rings (SSSR count). The average Bonchev–Trinajstić information content (AvgIpc) is 2.31. The fourth-order valence-electron chi connectivity index (χ4n) is 1.37. The van der Waals surface area contributed by atoms with Gasteiger partial charge in [0.25, 0.3) is 5.96 Å². The third-order valence-electron chi connectivity index (χ3n) is 2.22. The van der Waals surface area contributed by atoms with Crippen LogP contribution < -0.4 is 17.2 Å². The van der Waals surface area contributed by atoms with Gasteiger partial charge in [0.15, 0.2) is 5.96 Å². The van der Waals surface area contributed by atoms with E-state index in [0.717, 1.165) is 24.3 Å². The molecule has 0 aromatic heterocycles. The third kappa shape index (κ3) is 6.10. The number of hydrogen-bond acceptors (Lipinski definition) is 8. The normalized spacial score (nSPS) is 17.5. The number of aliphatic imine (C=N–C) groups is 1. The molecule has 6 N–H and O–H groups in total. The van der Waals surface area contributed by atoms with Crippen molar-refractivity contribution < 1.29 is 17.0 Å². The number of guanidine groups is 2. The molecule has 0 amide bonds. The Morgan fingerprint density at radius 1 is 1.26 bits per heavy atom. The highest BCUT2D eigenvalue weighted by molar-refractivity contribution is 7.81. The van der Waals surface area contributed by atoms with E-state index in [1.54, 1.807) is 0 Å². The molecule has 11 heteroatoms. The van der Waals surface area contributed by atoms with Crippen LogP contribution in [0.2, 0.25) is 0 Å². The second-order valence-corrected chi connectivity index (χ2v) is 4.94. The standard InChI is InChI=1S/C8H18N6O4S/c9-7(10)12-5-3-1-2-4-6-14-8(11)13-17-19(15,16)18-14/h1-6H2,(H2,11,13)(H4,9,10,12). The first-order valence-electron chi connectivity index (χ1n) is 5.70. The van der Waals surface area contributed by atoms with E-state index in [1.165, 1.54) is 0 Å². The molecule has 0 radical (unpaired) electrons. The van der Waals surface area contributed by atoms with E-state index in [4.69, 9.17) is 17.2 Å². The summed E-state index contributed by atoms with van der Waals surface area (Å²) in [4.78, 5) is 3.85. The molecule has 0 unspecified atom stereocenters. The van der Waals surface area contributed by atoms with Crippen molar-refractivity contribution in [2.24, 2.45) is 27.3 Å². The number of nitrogens with zero attached hydrogens (tertiary/aromatic N) is 3.